The smallest absolute Gasteiger partial charge is 0.266 e. The first-order valence-corrected chi connectivity index (χ1v) is 9.37. The molecule has 1 saturated heterocycles. The van der Waals surface area contributed by atoms with Crippen LogP contribution in [-0.2, 0) is 14.8 Å². The summed E-state index contributed by atoms with van der Waals surface area (Å²) in [6.45, 7) is 0.614. The average molecular weight is 375 g/mol. The molecule has 2 aromatic carbocycles. The van der Waals surface area contributed by atoms with Crippen LogP contribution in [0.3, 0.4) is 0 Å². The second-order valence-corrected chi connectivity index (χ2v) is 7.44. The molecule has 136 valence electrons. The molecule has 8 nitrogen and oxygen atoms in total. The van der Waals surface area contributed by atoms with Gasteiger partial charge in [-0.25, -0.2) is 8.42 Å². The first-order chi connectivity index (χ1) is 12.4. The number of phenols is 1. The maximum absolute atomic E-state index is 12.3. The van der Waals surface area contributed by atoms with E-state index in [1.807, 2.05) is 4.83 Å². The van der Waals surface area contributed by atoms with Gasteiger partial charge in [0.05, 0.1) is 4.90 Å². The number of aromatic hydroxyl groups is 1. The minimum absolute atomic E-state index is 0.0112. The fourth-order valence-electron chi connectivity index (χ4n) is 2.62. The van der Waals surface area contributed by atoms with Crippen molar-refractivity contribution in [2.24, 2.45) is 0 Å². The quantitative estimate of drug-likeness (QED) is 0.678. The molecule has 3 N–H and O–H groups in total. The van der Waals surface area contributed by atoms with Crippen LogP contribution in [0.25, 0.3) is 0 Å². The van der Waals surface area contributed by atoms with Crippen LogP contribution in [0.15, 0.2) is 53.4 Å². The normalized spacial score (nSPS) is 14.5. The van der Waals surface area contributed by atoms with Gasteiger partial charge < -0.3 is 10.0 Å². The minimum Gasteiger partial charge on any atom is -0.508 e. The van der Waals surface area contributed by atoms with E-state index < -0.39 is 15.9 Å². The van der Waals surface area contributed by atoms with Crippen LogP contribution < -0.4 is 15.2 Å². The van der Waals surface area contributed by atoms with Gasteiger partial charge in [0, 0.05) is 24.2 Å². The van der Waals surface area contributed by atoms with Crippen molar-refractivity contribution in [2.75, 3.05) is 11.4 Å². The number of nitrogens with one attached hydrogen (secondary N) is 2. The topological polar surface area (TPSA) is 116 Å². The third-order valence-corrected chi connectivity index (χ3v) is 5.20. The van der Waals surface area contributed by atoms with Crippen molar-refractivity contribution in [2.45, 2.75) is 17.7 Å². The molecular formula is C17H17N3O5S. The number of sulfonamides is 1. The van der Waals surface area contributed by atoms with Gasteiger partial charge in [0.25, 0.3) is 15.9 Å². The SMILES string of the molecule is O=C(NNS(=O)(=O)c1ccc(N2CCCC2=O)cc1)c1cccc(O)c1. The van der Waals surface area contributed by atoms with Gasteiger partial charge in [0.1, 0.15) is 5.75 Å². The predicted octanol–water partition coefficient (Wildman–Crippen LogP) is 1.14. The molecule has 0 spiro atoms. The zero-order valence-corrected chi connectivity index (χ0v) is 14.5. The van der Waals surface area contributed by atoms with E-state index in [2.05, 4.69) is 5.43 Å². The van der Waals surface area contributed by atoms with Crippen LogP contribution in [0.5, 0.6) is 5.75 Å². The van der Waals surface area contributed by atoms with E-state index in [9.17, 15) is 23.1 Å². The third-order valence-electron chi connectivity index (χ3n) is 3.94. The molecule has 0 atom stereocenters. The fraction of sp³-hybridized carbons (Fsp3) is 0.176. The number of nitrogens with zero attached hydrogens (tertiary/aromatic N) is 1. The Balaban J connectivity index is 1.68. The molecule has 1 fully saturated rings. The molecule has 26 heavy (non-hydrogen) atoms. The summed E-state index contributed by atoms with van der Waals surface area (Å²) >= 11 is 0. The number of benzene rings is 2. The molecule has 1 aliphatic rings. The van der Waals surface area contributed by atoms with Crippen LogP contribution in [-0.4, -0.2) is 31.9 Å². The summed E-state index contributed by atoms with van der Waals surface area (Å²) in [5, 5.41) is 9.36. The van der Waals surface area contributed by atoms with Crippen molar-refractivity contribution in [3.63, 3.8) is 0 Å². The standard InChI is InChI=1S/C17H17N3O5S/c21-14-4-1-3-12(11-14)17(23)18-19-26(24,25)15-8-6-13(7-9-15)20-10-2-5-16(20)22/h1,3-4,6-9,11,19,21H,2,5,10H2,(H,18,23). The molecule has 9 heteroatoms. The Morgan fingerprint density at radius 3 is 2.46 bits per heavy atom. The number of carbonyl (C=O) groups excluding carboxylic acids is 2. The van der Waals surface area contributed by atoms with Crippen molar-refractivity contribution >= 4 is 27.5 Å². The molecule has 2 amide bonds. The Hall–Kier alpha value is -2.91. The molecular weight excluding hydrogens is 358 g/mol. The van der Waals surface area contributed by atoms with Crippen molar-refractivity contribution in [1.82, 2.24) is 10.3 Å². The van der Waals surface area contributed by atoms with Gasteiger partial charge >= 0.3 is 0 Å². The highest BCUT2D eigenvalue weighted by atomic mass is 32.2. The Morgan fingerprint density at radius 1 is 1.12 bits per heavy atom. The van der Waals surface area contributed by atoms with E-state index in [1.165, 1.54) is 36.4 Å². The molecule has 0 saturated carbocycles. The van der Waals surface area contributed by atoms with Gasteiger partial charge in [-0.3, -0.25) is 15.0 Å². The van der Waals surface area contributed by atoms with Crippen molar-refractivity contribution < 1.29 is 23.1 Å². The summed E-state index contributed by atoms with van der Waals surface area (Å²) in [5.74, 6) is -0.798. The maximum atomic E-state index is 12.3. The second-order valence-electron chi connectivity index (χ2n) is 5.75. The van der Waals surface area contributed by atoms with E-state index in [0.717, 1.165) is 6.42 Å². The van der Waals surface area contributed by atoms with E-state index in [1.54, 1.807) is 17.0 Å². The lowest BCUT2D eigenvalue weighted by Gasteiger charge is -2.16. The highest BCUT2D eigenvalue weighted by Crippen LogP contribution is 2.22. The molecule has 1 aliphatic heterocycles. The number of hydrogen-bond donors (Lipinski definition) is 3. The van der Waals surface area contributed by atoms with Gasteiger partial charge in [0.15, 0.2) is 0 Å². The van der Waals surface area contributed by atoms with Gasteiger partial charge in [-0.1, -0.05) is 6.07 Å². The molecule has 3 rings (SSSR count). The molecule has 0 bridgehead atoms. The predicted molar refractivity (Wildman–Crippen MR) is 93.9 cm³/mol. The van der Waals surface area contributed by atoms with Gasteiger partial charge in [0.2, 0.25) is 5.91 Å². The summed E-state index contributed by atoms with van der Waals surface area (Å²) in [5.41, 5.74) is 2.83. The summed E-state index contributed by atoms with van der Waals surface area (Å²) in [6.07, 6.45) is 1.27. The van der Waals surface area contributed by atoms with Crippen LogP contribution in [0.2, 0.25) is 0 Å². The van der Waals surface area contributed by atoms with E-state index in [4.69, 9.17) is 0 Å². The van der Waals surface area contributed by atoms with Crippen LogP contribution in [0.1, 0.15) is 23.2 Å². The number of hydrogen-bond acceptors (Lipinski definition) is 5. The van der Waals surface area contributed by atoms with Crippen molar-refractivity contribution in [3.05, 3.63) is 54.1 Å². The number of phenolic OH excluding ortho intramolecular Hbond substituents is 1. The lowest BCUT2D eigenvalue weighted by molar-refractivity contribution is -0.117. The third kappa shape index (κ3) is 3.84. The number of rotatable bonds is 5. The fourth-order valence-corrected chi connectivity index (χ4v) is 3.46. The lowest BCUT2D eigenvalue weighted by atomic mass is 10.2. The summed E-state index contributed by atoms with van der Waals surface area (Å²) < 4.78 is 24.6. The first-order valence-electron chi connectivity index (χ1n) is 7.88. The summed E-state index contributed by atoms with van der Waals surface area (Å²) in [7, 11) is -3.98. The zero-order chi connectivity index (χ0) is 18.7. The Morgan fingerprint density at radius 2 is 1.85 bits per heavy atom. The summed E-state index contributed by atoms with van der Waals surface area (Å²) in [4.78, 5) is 27.2. The Kier molecular flexibility index (Phi) is 4.92. The number of hydrazine groups is 1. The molecule has 1 heterocycles. The molecule has 2 aromatic rings. The minimum atomic E-state index is -3.98. The van der Waals surface area contributed by atoms with Crippen LogP contribution in [0.4, 0.5) is 5.69 Å². The average Bonchev–Trinajstić information content (AvgIpc) is 3.06. The van der Waals surface area contributed by atoms with Gasteiger partial charge in [-0.2, -0.15) is 0 Å². The van der Waals surface area contributed by atoms with Gasteiger partial charge in [-0.05, 0) is 48.9 Å². The van der Waals surface area contributed by atoms with E-state index in [0.29, 0.717) is 18.7 Å². The number of anilines is 1. The van der Waals surface area contributed by atoms with Crippen molar-refractivity contribution in [3.8, 4) is 5.75 Å². The van der Waals surface area contributed by atoms with E-state index >= 15 is 0 Å². The number of carbonyl (C=O) groups is 2. The maximum Gasteiger partial charge on any atom is 0.266 e. The number of amides is 2. The molecule has 0 aromatic heterocycles. The summed E-state index contributed by atoms with van der Waals surface area (Å²) in [6, 6.07) is 11.3. The second kappa shape index (κ2) is 7.14. The monoisotopic (exact) mass is 375 g/mol. The highest BCUT2D eigenvalue weighted by Gasteiger charge is 2.22. The largest absolute Gasteiger partial charge is 0.508 e. The first kappa shape index (κ1) is 17.9. The highest BCUT2D eigenvalue weighted by molar-refractivity contribution is 7.89. The molecule has 0 aliphatic carbocycles. The Bertz CT molecular complexity index is 941. The van der Waals surface area contributed by atoms with Gasteiger partial charge in [-0.15, -0.1) is 4.83 Å². The zero-order valence-electron chi connectivity index (χ0n) is 13.7. The van der Waals surface area contributed by atoms with Crippen molar-refractivity contribution in [1.29, 1.82) is 0 Å². The van der Waals surface area contributed by atoms with Crippen LogP contribution in [0, 0.1) is 0 Å². The molecule has 0 unspecified atom stereocenters. The van der Waals surface area contributed by atoms with Crippen LogP contribution >= 0.6 is 0 Å². The Labute approximate surface area is 150 Å². The van der Waals surface area contributed by atoms with E-state index in [-0.39, 0.29) is 22.1 Å². The lowest BCUT2D eigenvalue weighted by Crippen LogP contribution is -2.41. The molecule has 0 radical (unpaired) electrons.